The maximum Gasteiger partial charge on any atom is -0.0417 e. The molecule has 0 amide bonds. The van der Waals surface area contributed by atoms with E-state index >= 15 is 0 Å². The van der Waals surface area contributed by atoms with Gasteiger partial charge in [-0.15, -0.1) is 0 Å². The van der Waals surface area contributed by atoms with Gasteiger partial charge in [-0.2, -0.15) is 0 Å². The van der Waals surface area contributed by atoms with Gasteiger partial charge in [-0.05, 0) is 17.8 Å². The highest BCUT2D eigenvalue weighted by Crippen LogP contribution is 2.22. The molecule has 0 saturated heterocycles. The van der Waals surface area contributed by atoms with Gasteiger partial charge in [-0.3, -0.25) is 0 Å². The average Bonchev–Trinajstić information content (AvgIpc) is 2.11. The third kappa shape index (κ3) is 4.79. The lowest BCUT2D eigenvalue weighted by Gasteiger charge is -2.19. The second-order valence-corrected chi connectivity index (χ2v) is 4.45. The van der Waals surface area contributed by atoms with E-state index in [2.05, 4.69) is 34.6 Å². The molecule has 0 aromatic rings. The van der Waals surface area contributed by atoms with E-state index in [-0.39, 0.29) is 0 Å². The summed E-state index contributed by atoms with van der Waals surface area (Å²) in [7, 11) is 0. The summed E-state index contributed by atoms with van der Waals surface area (Å²) in [6, 6.07) is 0. The lowest BCUT2D eigenvalue weighted by atomic mass is 9.87. The molecule has 0 N–H and O–H groups in total. The SMILES string of the molecule is CC[C@H](C)CC[C@H](C)[C@H](C)CC. The van der Waals surface area contributed by atoms with Crippen molar-refractivity contribution >= 4 is 0 Å². The molecule has 0 aliphatic heterocycles. The fourth-order valence-electron chi connectivity index (χ4n) is 1.44. The summed E-state index contributed by atoms with van der Waals surface area (Å²) in [6.45, 7) is 11.7. The van der Waals surface area contributed by atoms with Crippen molar-refractivity contribution in [3.05, 3.63) is 0 Å². The monoisotopic (exact) mass is 170 g/mol. The molecule has 3 atom stereocenters. The van der Waals surface area contributed by atoms with Crippen molar-refractivity contribution in [2.24, 2.45) is 17.8 Å². The Morgan fingerprint density at radius 3 is 1.75 bits per heavy atom. The van der Waals surface area contributed by atoms with Gasteiger partial charge in [0.05, 0.1) is 0 Å². The molecule has 0 saturated carbocycles. The molecule has 0 spiro atoms. The first kappa shape index (κ1) is 12.0. The average molecular weight is 170 g/mol. The summed E-state index contributed by atoms with van der Waals surface area (Å²) < 4.78 is 0. The molecule has 0 fully saturated rings. The van der Waals surface area contributed by atoms with Crippen molar-refractivity contribution in [1.82, 2.24) is 0 Å². The van der Waals surface area contributed by atoms with Gasteiger partial charge >= 0.3 is 0 Å². The predicted octanol–water partition coefficient (Wildman–Crippen LogP) is 4.49. The first-order chi connectivity index (χ1) is 5.61. The van der Waals surface area contributed by atoms with Gasteiger partial charge in [0.15, 0.2) is 0 Å². The van der Waals surface area contributed by atoms with Crippen LogP contribution in [0.1, 0.15) is 60.3 Å². The number of hydrogen-bond acceptors (Lipinski definition) is 0. The minimum atomic E-state index is 0.911. The molecule has 0 heteroatoms. The summed E-state index contributed by atoms with van der Waals surface area (Å²) in [5.41, 5.74) is 0. The molecule has 0 rings (SSSR count). The fourth-order valence-corrected chi connectivity index (χ4v) is 1.44. The van der Waals surface area contributed by atoms with Crippen LogP contribution in [0.4, 0.5) is 0 Å². The van der Waals surface area contributed by atoms with E-state index in [1.54, 1.807) is 0 Å². The lowest BCUT2D eigenvalue weighted by Crippen LogP contribution is -2.08. The maximum atomic E-state index is 2.40. The zero-order chi connectivity index (χ0) is 9.56. The quantitative estimate of drug-likeness (QED) is 0.551. The Hall–Kier alpha value is 0. The molecule has 12 heavy (non-hydrogen) atoms. The normalized spacial score (nSPS) is 18.8. The minimum Gasteiger partial charge on any atom is -0.0651 e. The standard InChI is InChI=1S/C12H26/c1-6-10(3)8-9-12(5)11(4)7-2/h10-12H,6-9H2,1-5H3/t10-,11+,12-/m0/s1. The van der Waals surface area contributed by atoms with E-state index in [1.165, 1.54) is 25.7 Å². The van der Waals surface area contributed by atoms with Gasteiger partial charge < -0.3 is 0 Å². The first-order valence-corrected chi connectivity index (χ1v) is 5.61. The van der Waals surface area contributed by atoms with Crippen molar-refractivity contribution in [1.29, 1.82) is 0 Å². The highest BCUT2D eigenvalue weighted by Gasteiger charge is 2.10. The van der Waals surface area contributed by atoms with E-state index in [0.717, 1.165) is 17.8 Å². The van der Waals surface area contributed by atoms with Crippen LogP contribution in [0.5, 0.6) is 0 Å². The van der Waals surface area contributed by atoms with Crippen LogP contribution in [-0.4, -0.2) is 0 Å². The first-order valence-electron chi connectivity index (χ1n) is 5.61. The second-order valence-electron chi connectivity index (χ2n) is 4.45. The summed E-state index contributed by atoms with van der Waals surface area (Å²) >= 11 is 0. The molecule has 0 aliphatic carbocycles. The Morgan fingerprint density at radius 2 is 1.33 bits per heavy atom. The molecule has 0 aliphatic rings. The van der Waals surface area contributed by atoms with Gasteiger partial charge in [0, 0.05) is 0 Å². The van der Waals surface area contributed by atoms with Crippen LogP contribution in [0.3, 0.4) is 0 Å². The van der Waals surface area contributed by atoms with E-state index in [0.29, 0.717) is 0 Å². The summed E-state index contributed by atoms with van der Waals surface area (Å²) in [6.07, 6.45) is 5.51. The summed E-state index contributed by atoms with van der Waals surface area (Å²) in [5, 5.41) is 0. The highest BCUT2D eigenvalue weighted by molar-refractivity contribution is 4.62. The lowest BCUT2D eigenvalue weighted by molar-refractivity contribution is 0.322. The van der Waals surface area contributed by atoms with Crippen molar-refractivity contribution in [3.8, 4) is 0 Å². The van der Waals surface area contributed by atoms with Crippen LogP contribution in [0, 0.1) is 17.8 Å². The van der Waals surface area contributed by atoms with E-state index in [1.807, 2.05) is 0 Å². The van der Waals surface area contributed by atoms with E-state index in [4.69, 9.17) is 0 Å². The smallest absolute Gasteiger partial charge is 0.0417 e. The number of hydrogen-bond donors (Lipinski definition) is 0. The topological polar surface area (TPSA) is 0 Å². The van der Waals surface area contributed by atoms with Gasteiger partial charge in [-0.1, -0.05) is 60.3 Å². The van der Waals surface area contributed by atoms with Crippen molar-refractivity contribution in [3.63, 3.8) is 0 Å². The molecule has 0 aromatic heterocycles. The molecule has 0 unspecified atom stereocenters. The molecule has 74 valence electrons. The zero-order valence-corrected chi connectivity index (χ0v) is 9.56. The Balaban J connectivity index is 3.49. The molecule has 0 nitrogen and oxygen atoms in total. The molecule has 0 bridgehead atoms. The van der Waals surface area contributed by atoms with Crippen LogP contribution in [0.25, 0.3) is 0 Å². The third-order valence-corrected chi connectivity index (χ3v) is 3.43. The van der Waals surface area contributed by atoms with E-state index in [9.17, 15) is 0 Å². The Labute approximate surface area is 78.8 Å². The van der Waals surface area contributed by atoms with Gasteiger partial charge in [0.1, 0.15) is 0 Å². The van der Waals surface area contributed by atoms with Crippen LogP contribution in [0.15, 0.2) is 0 Å². The second kappa shape index (κ2) is 6.51. The molecular weight excluding hydrogens is 144 g/mol. The fraction of sp³-hybridized carbons (Fsp3) is 1.00. The van der Waals surface area contributed by atoms with E-state index < -0.39 is 0 Å². The zero-order valence-electron chi connectivity index (χ0n) is 9.56. The van der Waals surface area contributed by atoms with Crippen molar-refractivity contribution in [2.75, 3.05) is 0 Å². The molecule has 0 aromatic carbocycles. The summed E-state index contributed by atoms with van der Waals surface area (Å²) in [5.74, 6) is 2.76. The van der Waals surface area contributed by atoms with Gasteiger partial charge in [-0.25, -0.2) is 0 Å². The molecule has 0 radical (unpaired) electrons. The minimum absolute atomic E-state index is 0.911. The van der Waals surface area contributed by atoms with Gasteiger partial charge in [0.25, 0.3) is 0 Å². The van der Waals surface area contributed by atoms with Gasteiger partial charge in [0.2, 0.25) is 0 Å². The number of rotatable bonds is 6. The third-order valence-electron chi connectivity index (χ3n) is 3.43. The van der Waals surface area contributed by atoms with Crippen LogP contribution >= 0.6 is 0 Å². The summed E-state index contributed by atoms with van der Waals surface area (Å²) in [4.78, 5) is 0. The highest BCUT2D eigenvalue weighted by atomic mass is 14.2. The van der Waals surface area contributed by atoms with Crippen molar-refractivity contribution in [2.45, 2.75) is 60.3 Å². The molecular formula is C12H26. The maximum absolute atomic E-state index is 2.40. The Kier molecular flexibility index (Phi) is 6.51. The van der Waals surface area contributed by atoms with Crippen LogP contribution in [0.2, 0.25) is 0 Å². The predicted molar refractivity (Wildman–Crippen MR) is 57.3 cm³/mol. The Morgan fingerprint density at radius 1 is 0.750 bits per heavy atom. The van der Waals surface area contributed by atoms with Crippen LogP contribution in [-0.2, 0) is 0 Å². The van der Waals surface area contributed by atoms with Crippen molar-refractivity contribution < 1.29 is 0 Å². The van der Waals surface area contributed by atoms with Crippen LogP contribution < -0.4 is 0 Å². The largest absolute Gasteiger partial charge is 0.0651 e. The molecule has 0 heterocycles. The Bertz CT molecular complexity index is 96.2.